The minimum atomic E-state index is -1.88. The Morgan fingerprint density at radius 3 is 2.38 bits per heavy atom. The number of hydrogen-bond donors (Lipinski definition) is 0. The zero-order chi connectivity index (χ0) is 18.8. The van der Waals surface area contributed by atoms with E-state index in [1.165, 1.54) is 44.2 Å². The Bertz CT molecular complexity index is 559. The van der Waals surface area contributed by atoms with E-state index in [2.05, 4.69) is 6.92 Å². The van der Waals surface area contributed by atoms with Crippen LogP contribution in [0.5, 0.6) is 0 Å². The van der Waals surface area contributed by atoms with E-state index in [1.807, 2.05) is 0 Å². The largest absolute Gasteiger partial charge is 0.378 e. The standard InChI is InChI=1S/C22H31F3O/c1-2-3-4-5-6-7-14-26-20-12-10-17(11-13-20)18-8-9-19(16-22(24)25)21(23)15-18/h8-9,15-17,20H,2-7,10-14H2,1H3/t17-,20-. The highest BCUT2D eigenvalue weighted by Gasteiger charge is 2.23. The summed E-state index contributed by atoms with van der Waals surface area (Å²) in [5.41, 5.74) is 0.859. The molecule has 146 valence electrons. The molecule has 0 saturated heterocycles. The van der Waals surface area contributed by atoms with Crippen molar-refractivity contribution in [2.45, 2.75) is 83.2 Å². The Kier molecular flexibility index (Phi) is 9.24. The van der Waals surface area contributed by atoms with Gasteiger partial charge in [-0.1, -0.05) is 51.2 Å². The zero-order valence-electron chi connectivity index (χ0n) is 15.8. The predicted molar refractivity (Wildman–Crippen MR) is 101 cm³/mol. The van der Waals surface area contributed by atoms with Crippen LogP contribution in [0.25, 0.3) is 6.08 Å². The third-order valence-electron chi connectivity index (χ3n) is 5.29. The molecule has 1 nitrogen and oxygen atoms in total. The molecule has 2 rings (SSSR count). The number of hydrogen-bond acceptors (Lipinski definition) is 1. The van der Waals surface area contributed by atoms with Crippen molar-refractivity contribution in [2.75, 3.05) is 6.61 Å². The normalized spacial score (nSPS) is 20.2. The summed E-state index contributed by atoms with van der Waals surface area (Å²) in [7, 11) is 0. The van der Waals surface area contributed by atoms with E-state index >= 15 is 0 Å². The molecule has 0 spiro atoms. The van der Waals surface area contributed by atoms with E-state index in [0.29, 0.717) is 18.1 Å². The van der Waals surface area contributed by atoms with Crippen molar-refractivity contribution in [3.8, 4) is 0 Å². The molecule has 0 heterocycles. The van der Waals surface area contributed by atoms with Gasteiger partial charge in [-0.25, -0.2) is 4.39 Å². The van der Waals surface area contributed by atoms with Crippen LogP contribution in [0.4, 0.5) is 13.2 Å². The monoisotopic (exact) mass is 368 g/mol. The van der Waals surface area contributed by atoms with Crippen molar-refractivity contribution in [3.05, 3.63) is 41.2 Å². The molecular weight excluding hydrogens is 337 g/mol. The van der Waals surface area contributed by atoms with E-state index < -0.39 is 11.9 Å². The number of rotatable bonds is 10. The highest BCUT2D eigenvalue weighted by molar-refractivity contribution is 5.51. The fraction of sp³-hybridized carbons (Fsp3) is 0.636. The number of ether oxygens (including phenoxy) is 1. The van der Waals surface area contributed by atoms with Gasteiger partial charge < -0.3 is 4.74 Å². The maximum absolute atomic E-state index is 14.0. The summed E-state index contributed by atoms with van der Waals surface area (Å²) in [6, 6.07) is 4.64. The van der Waals surface area contributed by atoms with Crippen LogP contribution in [-0.2, 0) is 4.74 Å². The van der Waals surface area contributed by atoms with E-state index in [4.69, 9.17) is 4.74 Å². The summed E-state index contributed by atoms with van der Waals surface area (Å²) in [6.45, 7) is 3.06. The molecule has 0 aliphatic heterocycles. The first kappa shape index (κ1) is 21.0. The van der Waals surface area contributed by atoms with Gasteiger partial charge in [0.05, 0.1) is 6.10 Å². The first-order valence-corrected chi connectivity index (χ1v) is 10.0. The fourth-order valence-corrected chi connectivity index (χ4v) is 3.73. The van der Waals surface area contributed by atoms with Gasteiger partial charge in [0.1, 0.15) is 5.82 Å². The molecule has 0 amide bonds. The van der Waals surface area contributed by atoms with Crippen LogP contribution in [0.1, 0.15) is 88.2 Å². The molecule has 1 aromatic rings. The van der Waals surface area contributed by atoms with Crippen molar-refractivity contribution < 1.29 is 17.9 Å². The van der Waals surface area contributed by atoms with Crippen LogP contribution >= 0.6 is 0 Å². The first-order chi connectivity index (χ1) is 12.6. The Labute approximate surface area is 155 Å². The number of benzene rings is 1. The summed E-state index contributed by atoms with van der Waals surface area (Å²) in [6.07, 6.45) is 10.5. The van der Waals surface area contributed by atoms with Crippen molar-refractivity contribution in [1.82, 2.24) is 0 Å². The maximum atomic E-state index is 14.0. The topological polar surface area (TPSA) is 9.23 Å². The van der Waals surface area contributed by atoms with Gasteiger partial charge in [-0.05, 0) is 49.7 Å². The van der Waals surface area contributed by atoms with E-state index in [-0.39, 0.29) is 5.56 Å². The van der Waals surface area contributed by atoms with Crippen molar-refractivity contribution in [1.29, 1.82) is 0 Å². The molecule has 0 unspecified atom stereocenters. The van der Waals surface area contributed by atoms with Crippen LogP contribution in [0.2, 0.25) is 0 Å². The Balaban J connectivity index is 1.70. The summed E-state index contributed by atoms with van der Waals surface area (Å²) in [5, 5.41) is 0. The smallest absolute Gasteiger partial charge is 0.271 e. The van der Waals surface area contributed by atoms with Crippen LogP contribution in [-0.4, -0.2) is 12.7 Å². The molecular formula is C22H31F3O. The summed E-state index contributed by atoms with van der Waals surface area (Å²) in [4.78, 5) is 0. The van der Waals surface area contributed by atoms with E-state index in [1.54, 1.807) is 6.07 Å². The SMILES string of the molecule is CCCCCCCCO[C@H]1CC[C@H](c2ccc(C=C(F)F)c(F)c2)CC1. The second kappa shape index (κ2) is 11.4. The molecule has 1 aliphatic rings. The highest BCUT2D eigenvalue weighted by Crippen LogP contribution is 2.35. The Hall–Kier alpha value is -1.29. The lowest BCUT2D eigenvalue weighted by Crippen LogP contribution is -2.21. The molecule has 26 heavy (non-hydrogen) atoms. The van der Waals surface area contributed by atoms with Crippen LogP contribution < -0.4 is 0 Å². The molecule has 1 fully saturated rings. The van der Waals surface area contributed by atoms with Gasteiger partial charge >= 0.3 is 0 Å². The molecule has 0 radical (unpaired) electrons. The summed E-state index contributed by atoms with van der Waals surface area (Å²) in [5.74, 6) is -0.275. The first-order valence-electron chi connectivity index (χ1n) is 10.0. The summed E-state index contributed by atoms with van der Waals surface area (Å²) < 4.78 is 44.5. The van der Waals surface area contributed by atoms with Crippen molar-refractivity contribution in [2.24, 2.45) is 0 Å². The van der Waals surface area contributed by atoms with E-state index in [9.17, 15) is 13.2 Å². The van der Waals surface area contributed by atoms with Gasteiger partial charge in [0.2, 0.25) is 0 Å². The lowest BCUT2D eigenvalue weighted by molar-refractivity contribution is 0.0226. The Morgan fingerprint density at radius 2 is 1.73 bits per heavy atom. The lowest BCUT2D eigenvalue weighted by Gasteiger charge is -2.29. The van der Waals surface area contributed by atoms with Crippen molar-refractivity contribution >= 4 is 6.08 Å². The van der Waals surface area contributed by atoms with Crippen LogP contribution in [0.3, 0.4) is 0 Å². The van der Waals surface area contributed by atoms with Gasteiger partial charge in [0, 0.05) is 18.2 Å². The molecule has 1 aromatic carbocycles. The number of unbranched alkanes of at least 4 members (excludes halogenated alkanes) is 5. The average molecular weight is 368 g/mol. The lowest BCUT2D eigenvalue weighted by atomic mass is 9.82. The molecule has 1 aliphatic carbocycles. The average Bonchev–Trinajstić information content (AvgIpc) is 2.63. The van der Waals surface area contributed by atoms with Gasteiger partial charge in [0.25, 0.3) is 6.08 Å². The highest BCUT2D eigenvalue weighted by atomic mass is 19.3. The third kappa shape index (κ3) is 7.14. The molecule has 0 atom stereocenters. The summed E-state index contributed by atoms with van der Waals surface area (Å²) >= 11 is 0. The molecule has 4 heteroatoms. The minimum absolute atomic E-state index is 0.0512. The van der Waals surface area contributed by atoms with E-state index in [0.717, 1.165) is 44.3 Å². The zero-order valence-corrected chi connectivity index (χ0v) is 15.8. The third-order valence-corrected chi connectivity index (χ3v) is 5.29. The van der Waals surface area contributed by atoms with Gasteiger partial charge in [-0.3, -0.25) is 0 Å². The van der Waals surface area contributed by atoms with Crippen molar-refractivity contribution in [3.63, 3.8) is 0 Å². The molecule has 1 saturated carbocycles. The molecule has 0 N–H and O–H groups in total. The fourth-order valence-electron chi connectivity index (χ4n) is 3.73. The predicted octanol–water partition coefficient (Wildman–Crippen LogP) is 7.47. The van der Waals surface area contributed by atoms with Crippen LogP contribution in [0, 0.1) is 5.82 Å². The molecule has 0 aromatic heterocycles. The van der Waals surface area contributed by atoms with Gasteiger partial charge in [0.15, 0.2) is 0 Å². The second-order valence-corrected chi connectivity index (χ2v) is 7.33. The van der Waals surface area contributed by atoms with Gasteiger partial charge in [-0.15, -0.1) is 0 Å². The maximum Gasteiger partial charge on any atom is 0.271 e. The second-order valence-electron chi connectivity index (χ2n) is 7.33. The van der Waals surface area contributed by atoms with Gasteiger partial charge in [-0.2, -0.15) is 8.78 Å². The number of halogens is 3. The van der Waals surface area contributed by atoms with Crippen LogP contribution in [0.15, 0.2) is 24.3 Å². The quantitative estimate of drug-likeness (QED) is 0.389. The molecule has 0 bridgehead atoms. The Morgan fingerprint density at radius 1 is 1.04 bits per heavy atom. The minimum Gasteiger partial charge on any atom is -0.378 e.